The summed E-state index contributed by atoms with van der Waals surface area (Å²) < 4.78 is 9.92. The highest BCUT2D eigenvalue weighted by atomic mass is 35.5. The Balaban J connectivity index is 1.63. The van der Waals surface area contributed by atoms with Crippen molar-refractivity contribution in [2.75, 3.05) is 25.1 Å². The van der Waals surface area contributed by atoms with Gasteiger partial charge in [-0.1, -0.05) is 37.6 Å². The normalized spacial score (nSPS) is 12.5. The Morgan fingerprint density at radius 1 is 1.23 bits per heavy atom. The first-order valence-electron chi connectivity index (χ1n) is 11.8. The van der Waals surface area contributed by atoms with Crippen molar-refractivity contribution in [1.29, 1.82) is 0 Å². The SMILES string of the molecule is CC(C)(C)[Si](C)(C)OCCCNc1cc(Cl)cc2c1c(-c1cn[nH]c1)cn2-c1cn(CCO)nn1. The van der Waals surface area contributed by atoms with Crippen molar-refractivity contribution in [3.63, 3.8) is 0 Å². The number of hydrogen-bond donors (Lipinski definition) is 3. The van der Waals surface area contributed by atoms with Crippen LogP contribution in [0.5, 0.6) is 0 Å². The van der Waals surface area contributed by atoms with Gasteiger partial charge in [0.25, 0.3) is 0 Å². The third-order valence-corrected chi connectivity index (χ3v) is 11.4. The largest absolute Gasteiger partial charge is 0.417 e. The van der Waals surface area contributed by atoms with Gasteiger partial charge in [-0.25, -0.2) is 4.68 Å². The minimum atomic E-state index is -1.76. The van der Waals surface area contributed by atoms with Crippen molar-refractivity contribution in [3.8, 4) is 16.9 Å². The standard InChI is InChI=1S/C24H34ClN7O2Si/c1-24(2,3)35(4,5)34-10-6-7-26-20-11-18(25)12-21-23(20)19(17-13-27-28-14-17)15-32(21)22-16-31(8-9-33)30-29-22/h11-16,26,33H,6-10H2,1-5H3,(H,27,28). The molecule has 0 aliphatic rings. The van der Waals surface area contributed by atoms with Crippen LogP contribution in [0.2, 0.25) is 23.2 Å². The summed E-state index contributed by atoms with van der Waals surface area (Å²) in [4.78, 5) is 0. The van der Waals surface area contributed by atoms with Crippen molar-refractivity contribution >= 4 is 36.5 Å². The molecule has 3 N–H and O–H groups in total. The van der Waals surface area contributed by atoms with Crippen LogP contribution in [0.3, 0.4) is 0 Å². The van der Waals surface area contributed by atoms with Crippen LogP contribution < -0.4 is 5.32 Å². The lowest BCUT2D eigenvalue weighted by atomic mass is 10.1. The fraction of sp³-hybridized carbons (Fsp3) is 0.458. The summed E-state index contributed by atoms with van der Waals surface area (Å²) >= 11 is 6.56. The minimum Gasteiger partial charge on any atom is -0.417 e. The first-order valence-corrected chi connectivity index (χ1v) is 15.1. The van der Waals surface area contributed by atoms with Crippen molar-refractivity contribution in [2.24, 2.45) is 0 Å². The Bertz CT molecular complexity index is 1280. The second-order valence-electron chi connectivity index (χ2n) is 10.2. The highest BCUT2D eigenvalue weighted by Gasteiger charge is 2.36. The number of anilines is 1. The second-order valence-corrected chi connectivity index (χ2v) is 15.4. The molecule has 1 aromatic carbocycles. The molecule has 188 valence electrons. The molecule has 0 atom stereocenters. The average molecular weight is 516 g/mol. The summed E-state index contributed by atoms with van der Waals surface area (Å²) in [6, 6.07) is 3.88. The van der Waals surface area contributed by atoms with Gasteiger partial charge in [0.2, 0.25) is 0 Å². The van der Waals surface area contributed by atoms with Crippen molar-refractivity contribution in [2.45, 2.75) is 51.9 Å². The number of rotatable bonds is 10. The van der Waals surface area contributed by atoms with Crippen LogP contribution in [-0.2, 0) is 11.0 Å². The third-order valence-electron chi connectivity index (χ3n) is 6.69. The van der Waals surface area contributed by atoms with E-state index < -0.39 is 8.32 Å². The predicted molar refractivity (Wildman–Crippen MR) is 143 cm³/mol. The van der Waals surface area contributed by atoms with Crippen molar-refractivity contribution in [3.05, 3.63) is 41.9 Å². The molecule has 0 radical (unpaired) electrons. The molecule has 0 saturated heterocycles. The molecule has 3 aromatic heterocycles. The molecule has 9 nitrogen and oxygen atoms in total. The van der Waals surface area contributed by atoms with E-state index in [0.29, 0.717) is 17.4 Å². The van der Waals surface area contributed by atoms with Gasteiger partial charge in [0, 0.05) is 52.8 Å². The van der Waals surface area contributed by atoms with Crippen LogP contribution in [0.1, 0.15) is 27.2 Å². The van der Waals surface area contributed by atoms with Gasteiger partial charge in [-0.2, -0.15) is 5.10 Å². The Hall–Kier alpha value is -2.66. The van der Waals surface area contributed by atoms with Crippen LogP contribution in [0, 0.1) is 0 Å². The molecule has 4 rings (SSSR count). The topological polar surface area (TPSA) is 106 Å². The number of benzene rings is 1. The van der Waals surface area contributed by atoms with Crippen molar-refractivity contribution < 1.29 is 9.53 Å². The zero-order valence-electron chi connectivity index (χ0n) is 21.0. The number of fused-ring (bicyclic) bond motifs is 1. The summed E-state index contributed by atoms with van der Waals surface area (Å²) in [5.74, 6) is 0.647. The molecule has 11 heteroatoms. The van der Waals surface area contributed by atoms with Gasteiger partial charge in [-0.05, 0) is 36.7 Å². The molecule has 0 fully saturated rings. The van der Waals surface area contributed by atoms with Crippen LogP contribution in [0.15, 0.2) is 36.9 Å². The summed E-state index contributed by atoms with van der Waals surface area (Å²) in [7, 11) is -1.76. The predicted octanol–water partition coefficient (Wildman–Crippen LogP) is 5.08. The first-order chi connectivity index (χ1) is 16.6. The number of aromatic amines is 1. The lowest BCUT2D eigenvalue weighted by molar-refractivity contribution is 0.268. The average Bonchev–Trinajstić information content (AvgIpc) is 3.52. The minimum absolute atomic E-state index is 0.00543. The number of aliphatic hydroxyl groups excluding tert-OH is 1. The van der Waals surface area contributed by atoms with Crippen molar-refractivity contribution in [1.82, 2.24) is 29.8 Å². The highest BCUT2D eigenvalue weighted by molar-refractivity contribution is 6.74. The van der Waals surface area contributed by atoms with Gasteiger partial charge in [0.1, 0.15) is 0 Å². The lowest BCUT2D eigenvalue weighted by Gasteiger charge is -2.36. The fourth-order valence-corrected chi connectivity index (χ4v) is 5.02. The highest BCUT2D eigenvalue weighted by Crippen LogP contribution is 2.39. The van der Waals surface area contributed by atoms with E-state index in [2.05, 4.69) is 59.7 Å². The van der Waals surface area contributed by atoms with Crippen LogP contribution in [-0.4, -0.2) is 62.9 Å². The van der Waals surface area contributed by atoms with Crippen LogP contribution in [0.25, 0.3) is 27.8 Å². The molecule has 3 heterocycles. The number of aromatic nitrogens is 6. The maximum atomic E-state index is 9.24. The third kappa shape index (κ3) is 5.45. The number of H-pyrrole nitrogens is 1. The van der Waals surface area contributed by atoms with E-state index in [9.17, 15) is 5.11 Å². The monoisotopic (exact) mass is 515 g/mol. The van der Waals surface area contributed by atoms with Gasteiger partial charge < -0.3 is 14.8 Å². The van der Waals surface area contributed by atoms with E-state index in [-0.39, 0.29) is 11.6 Å². The van der Waals surface area contributed by atoms with Gasteiger partial charge in [0.05, 0.1) is 31.1 Å². The number of hydrogen-bond acceptors (Lipinski definition) is 6. The molecule has 0 unspecified atom stereocenters. The molecular weight excluding hydrogens is 482 g/mol. The Kier molecular flexibility index (Phi) is 7.37. The van der Waals surface area contributed by atoms with E-state index >= 15 is 0 Å². The fourth-order valence-electron chi connectivity index (χ4n) is 3.72. The number of nitrogens with one attached hydrogen (secondary N) is 2. The quantitative estimate of drug-likeness (QED) is 0.201. The molecule has 0 amide bonds. The Morgan fingerprint density at radius 2 is 2.03 bits per heavy atom. The molecule has 4 aromatic rings. The first kappa shape index (κ1) is 25.4. The number of aliphatic hydroxyl groups is 1. The van der Waals surface area contributed by atoms with Gasteiger partial charge in [-0.3, -0.25) is 9.67 Å². The molecule has 0 aliphatic heterocycles. The molecule has 0 aliphatic carbocycles. The van der Waals surface area contributed by atoms with Gasteiger partial charge in [0.15, 0.2) is 14.1 Å². The molecule has 0 bridgehead atoms. The zero-order valence-corrected chi connectivity index (χ0v) is 22.7. The molecular formula is C24H34ClN7O2Si. The summed E-state index contributed by atoms with van der Waals surface area (Å²) in [6.07, 6.45) is 8.38. The number of halogens is 1. The summed E-state index contributed by atoms with van der Waals surface area (Å²) in [5.41, 5.74) is 3.81. The Morgan fingerprint density at radius 3 is 2.71 bits per heavy atom. The van der Waals surface area contributed by atoms with Crippen LogP contribution in [0.4, 0.5) is 5.69 Å². The van der Waals surface area contributed by atoms with E-state index in [1.807, 2.05) is 29.1 Å². The lowest BCUT2D eigenvalue weighted by Crippen LogP contribution is -2.41. The molecule has 0 saturated carbocycles. The zero-order chi connectivity index (χ0) is 25.2. The maximum absolute atomic E-state index is 9.24. The molecule has 35 heavy (non-hydrogen) atoms. The summed E-state index contributed by atoms with van der Waals surface area (Å²) in [6.45, 7) is 13.2. The maximum Gasteiger partial charge on any atom is 0.191 e. The van der Waals surface area contributed by atoms with Crippen LogP contribution >= 0.6 is 11.6 Å². The van der Waals surface area contributed by atoms with E-state index in [0.717, 1.165) is 47.3 Å². The smallest absolute Gasteiger partial charge is 0.191 e. The second kappa shape index (κ2) is 10.1. The summed E-state index contributed by atoms with van der Waals surface area (Å²) in [5, 5.41) is 30.1. The van der Waals surface area contributed by atoms with Gasteiger partial charge >= 0.3 is 0 Å². The van der Waals surface area contributed by atoms with Gasteiger partial charge in [-0.15, -0.1) is 5.10 Å². The Labute approximate surface area is 211 Å². The van der Waals surface area contributed by atoms with E-state index in [1.54, 1.807) is 17.1 Å². The number of nitrogens with zero attached hydrogens (tertiary/aromatic N) is 5. The molecule has 0 spiro atoms. The van der Waals surface area contributed by atoms with E-state index in [4.69, 9.17) is 16.0 Å². The van der Waals surface area contributed by atoms with E-state index in [1.165, 1.54) is 0 Å².